The van der Waals surface area contributed by atoms with Crippen LogP contribution in [0.5, 0.6) is 5.75 Å². The Morgan fingerprint density at radius 3 is 2.45 bits per heavy atom. The van der Waals surface area contributed by atoms with Gasteiger partial charge in [-0.15, -0.1) is 24.0 Å². The molecule has 7 nitrogen and oxygen atoms in total. The van der Waals surface area contributed by atoms with E-state index in [1.54, 1.807) is 7.11 Å². The number of nitrogens with zero attached hydrogens (tertiary/aromatic N) is 2. The van der Waals surface area contributed by atoms with E-state index in [-0.39, 0.29) is 24.0 Å². The van der Waals surface area contributed by atoms with Gasteiger partial charge < -0.3 is 25.0 Å². The lowest BCUT2D eigenvalue weighted by molar-refractivity contribution is 0.180. The van der Waals surface area contributed by atoms with E-state index in [4.69, 9.17) is 9.26 Å². The van der Waals surface area contributed by atoms with Crippen LogP contribution in [-0.2, 0) is 6.54 Å². The van der Waals surface area contributed by atoms with Crippen LogP contribution in [0.1, 0.15) is 62.7 Å². The zero-order chi connectivity index (χ0) is 20.4. The van der Waals surface area contributed by atoms with E-state index in [9.17, 15) is 5.11 Å². The van der Waals surface area contributed by atoms with Crippen LogP contribution in [0.15, 0.2) is 39.8 Å². The van der Waals surface area contributed by atoms with E-state index < -0.39 is 6.10 Å². The molecule has 162 valence electrons. The second-order valence-corrected chi connectivity index (χ2v) is 6.60. The molecular formula is C21H33IN4O3. The molecule has 0 saturated carbocycles. The minimum Gasteiger partial charge on any atom is -0.497 e. The molecule has 29 heavy (non-hydrogen) atoms. The van der Waals surface area contributed by atoms with Crippen molar-refractivity contribution in [2.24, 2.45) is 4.99 Å². The molecule has 3 N–H and O–H groups in total. The average molecular weight is 516 g/mol. The fourth-order valence-corrected chi connectivity index (χ4v) is 2.94. The number of halogens is 1. The summed E-state index contributed by atoms with van der Waals surface area (Å²) in [6.45, 7) is 7.76. The summed E-state index contributed by atoms with van der Waals surface area (Å²) in [5.74, 6) is 2.54. The number of nitrogens with one attached hydrogen (secondary N) is 2. The van der Waals surface area contributed by atoms with E-state index >= 15 is 0 Å². The minimum atomic E-state index is -0.651. The first-order chi connectivity index (χ1) is 13.6. The molecule has 0 bridgehead atoms. The molecule has 8 heteroatoms. The van der Waals surface area contributed by atoms with Crippen molar-refractivity contribution in [2.75, 3.05) is 20.2 Å². The number of aromatic nitrogens is 1. The number of benzene rings is 1. The summed E-state index contributed by atoms with van der Waals surface area (Å²) in [6.07, 6.45) is 1.43. The predicted octanol–water partition coefficient (Wildman–Crippen LogP) is 3.99. The molecule has 0 saturated heterocycles. The molecule has 0 spiro atoms. The van der Waals surface area contributed by atoms with Crippen LogP contribution in [0.3, 0.4) is 0 Å². The number of methoxy groups -OCH3 is 1. The number of rotatable bonds is 10. The molecule has 0 amide bonds. The van der Waals surface area contributed by atoms with Crippen molar-refractivity contribution < 1.29 is 14.4 Å². The van der Waals surface area contributed by atoms with Crippen LogP contribution >= 0.6 is 24.0 Å². The van der Waals surface area contributed by atoms with E-state index in [0.717, 1.165) is 42.2 Å². The van der Waals surface area contributed by atoms with Gasteiger partial charge in [-0.3, -0.25) is 0 Å². The zero-order valence-electron chi connectivity index (χ0n) is 17.6. The van der Waals surface area contributed by atoms with E-state index in [2.05, 4.69) is 34.6 Å². The van der Waals surface area contributed by atoms with Gasteiger partial charge in [-0.1, -0.05) is 31.1 Å². The summed E-state index contributed by atoms with van der Waals surface area (Å²) >= 11 is 0. The fourth-order valence-electron chi connectivity index (χ4n) is 2.94. The first-order valence-electron chi connectivity index (χ1n) is 9.90. The molecule has 0 fully saturated rings. The summed E-state index contributed by atoms with van der Waals surface area (Å²) in [4.78, 5) is 4.53. The summed E-state index contributed by atoms with van der Waals surface area (Å²) in [5.41, 5.74) is 1.80. The van der Waals surface area contributed by atoms with Crippen LogP contribution in [0.4, 0.5) is 0 Å². The lowest BCUT2D eigenvalue weighted by Gasteiger charge is -2.15. The molecule has 1 unspecified atom stereocenters. The predicted molar refractivity (Wildman–Crippen MR) is 126 cm³/mol. The molecule has 2 rings (SSSR count). The standard InChI is InChI=1S/C21H32N4O3.HI/c1-5-15(6-2)19-12-18(28-25-19)13-23-21(22-7-3)24-14-20(26)16-8-10-17(27-4)11-9-16;/h8-12,15,20,26H,5-7,13-14H2,1-4H3,(H2,22,23,24);1H. The SMILES string of the molecule is CCNC(=NCc1cc(C(CC)CC)no1)NCC(O)c1ccc(OC)cc1.I. The van der Waals surface area contributed by atoms with Crippen molar-refractivity contribution >= 4 is 29.9 Å². The van der Waals surface area contributed by atoms with Crippen LogP contribution < -0.4 is 15.4 Å². The van der Waals surface area contributed by atoms with Gasteiger partial charge in [-0.25, -0.2) is 4.99 Å². The van der Waals surface area contributed by atoms with Crippen molar-refractivity contribution in [3.8, 4) is 5.75 Å². The Bertz CT molecular complexity index is 730. The molecule has 2 aromatic rings. The van der Waals surface area contributed by atoms with E-state index in [0.29, 0.717) is 25.0 Å². The Morgan fingerprint density at radius 1 is 1.17 bits per heavy atom. The number of aliphatic imine (C=N–C) groups is 1. The highest BCUT2D eigenvalue weighted by molar-refractivity contribution is 14.0. The Hall–Kier alpha value is -1.81. The third-order valence-corrected chi connectivity index (χ3v) is 4.68. The van der Waals surface area contributed by atoms with Gasteiger partial charge in [0.2, 0.25) is 0 Å². The Balaban J connectivity index is 0.00000420. The number of aliphatic hydroxyl groups is 1. The zero-order valence-corrected chi connectivity index (χ0v) is 20.0. The molecule has 0 aliphatic rings. The lowest BCUT2D eigenvalue weighted by Crippen LogP contribution is -2.39. The molecule has 0 aliphatic heterocycles. The normalized spacial score (nSPS) is 12.4. The average Bonchev–Trinajstić information content (AvgIpc) is 3.19. The first kappa shape index (κ1) is 25.2. The summed E-state index contributed by atoms with van der Waals surface area (Å²) in [5, 5.41) is 20.9. The van der Waals surface area contributed by atoms with Crippen LogP contribution in [0.25, 0.3) is 0 Å². The van der Waals surface area contributed by atoms with Crippen LogP contribution in [0.2, 0.25) is 0 Å². The van der Waals surface area contributed by atoms with Gasteiger partial charge in [0.15, 0.2) is 11.7 Å². The highest BCUT2D eigenvalue weighted by atomic mass is 127. The number of hydrogen-bond donors (Lipinski definition) is 3. The molecule has 1 heterocycles. The van der Waals surface area contributed by atoms with Crippen LogP contribution in [-0.4, -0.2) is 36.4 Å². The summed E-state index contributed by atoms with van der Waals surface area (Å²) in [6, 6.07) is 9.35. The van der Waals surface area contributed by atoms with E-state index in [1.807, 2.05) is 37.3 Å². The largest absolute Gasteiger partial charge is 0.497 e. The van der Waals surface area contributed by atoms with Crippen molar-refractivity contribution in [3.05, 3.63) is 47.3 Å². The molecule has 1 atom stereocenters. The first-order valence-corrected chi connectivity index (χ1v) is 9.90. The number of ether oxygens (including phenoxy) is 1. The Morgan fingerprint density at radius 2 is 1.86 bits per heavy atom. The molecule has 1 aromatic carbocycles. The Labute approximate surface area is 190 Å². The van der Waals surface area contributed by atoms with Crippen molar-refractivity contribution in [2.45, 2.75) is 52.2 Å². The monoisotopic (exact) mass is 516 g/mol. The molecular weight excluding hydrogens is 483 g/mol. The quantitative estimate of drug-likeness (QED) is 0.251. The maximum absolute atomic E-state index is 10.4. The van der Waals surface area contributed by atoms with Gasteiger partial charge in [0.1, 0.15) is 12.3 Å². The smallest absolute Gasteiger partial charge is 0.191 e. The third-order valence-electron chi connectivity index (χ3n) is 4.68. The van der Waals surface area contributed by atoms with Crippen LogP contribution in [0, 0.1) is 0 Å². The van der Waals surface area contributed by atoms with Gasteiger partial charge in [-0.2, -0.15) is 0 Å². The second-order valence-electron chi connectivity index (χ2n) is 6.60. The van der Waals surface area contributed by atoms with Gasteiger partial charge in [0, 0.05) is 25.1 Å². The minimum absolute atomic E-state index is 0. The third kappa shape index (κ3) is 7.85. The van der Waals surface area contributed by atoms with Gasteiger partial charge in [0.05, 0.1) is 18.9 Å². The number of hydrogen-bond acceptors (Lipinski definition) is 5. The molecule has 0 aliphatic carbocycles. The maximum Gasteiger partial charge on any atom is 0.191 e. The second kappa shape index (κ2) is 13.4. The highest BCUT2D eigenvalue weighted by Crippen LogP contribution is 2.22. The molecule has 0 radical (unpaired) electrons. The number of aliphatic hydroxyl groups excluding tert-OH is 1. The lowest BCUT2D eigenvalue weighted by atomic mass is 9.99. The van der Waals surface area contributed by atoms with Gasteiger partial charge >= 0.3 is 0 Å². The Kier molecular flexibility index (Phi) is 11.7. The van der Waals surface area contributed by atoms with Crippen molar-refractivity contribution in [1.82, 2.24) is 15.8 Å². The highest BCUT2D eigenvalue weighted by Gasteiger charge is 2.13. The number of guanidine groups is 1. The fraction of sp³-hybridized carbons (Fsp3) is 0.524. The summed E-state index contributed by atoms with van der Waals surface area (Å²) < 4.78 is 10.6. The van der Waals surface area contributed by atoms with E-state index in [1.165, 1.54) is 0 Å². The maximum atomic E-state index is 10.4. The summed E-state index contributed by atoms with van der Waals surface area (Å²) in [7, 11) is 1.62. The topological polar surface area (TPSA) is 91.9 Å². The van der Waals surface area contributed by atoms with Gasteiger partial charge in [0.25, 0.3) is 0 Å². The van der Waals surface area contributed by atoms with Crippen molar-refractivity contribution in [3.63, 3.8) is 0 Å². The van der Waals surface area contributed by atoms with Crippen molar-refractivity contribution in [1.29, 1.82) is 0 Å². The molecule has 1 aromatic heterocycles. The van der Waals surface area contributed by atoms with Gasteiger partial charge in [-0.05, 0) is 37.5 Å².